The summed E-state index contributed by atoms with van der Waals surface area (Å²) in [5, 5.41) is 5.91. The Labute approximate surface area is 162 Å². The van der Waals surface area contributed by atoms with Gasteiger partial charge < -0.3 is 15.4 Å². The first-order valence-corrected chi connectivity index (χ1v) is 9.62. The molecule has 150 valence electrons. The van der Waals surface area contributed by atoms with Crippen LogP contribution in [-0.2, 0) is 20.7 Å². The molecule has 0 radical (unpaired) electrons. The quantitative estimate of drug-likeness (QED) is 0.626. The molecule has 0 saturated carbocycles. The highest BCUT2D eigenvalue weighted by atomic mass is 16.5. The minimum Gasteiger partial charge on any atom is -0.383 e. The number of hydrogen-bond donors (Lipinski definition) is 2. The van der Waals surface area contributed by atoms with Gasteiger partial charge in [0.1, 0.15) is 0 Å². The van der Waals surface area contributed by atoms with Crippen molar-refractivity contribution in [1.29, 1.82) is 0 Å². The maximum atomic E-state index is 12.5. The largest absolute Gasteiger partial charge is 0.383 e. The predicted octanol–water partition coefficient (Wildman–Crippen LogP) is 0.876. The van der Waals surface area contributed by atoms with E-state index in [-0.39, 0.29) is 11.8 Å². The standard InChI is InChI=1S/C20H32N4O3/c1-4-17-7-5-6-16(2)20(17)22-19(26)15-24-11-9-23(10-12-24)14-18(25)21-8-13-27-3/h5-7H,4,8-15H2,1-3H3,(H,21,25)(H,22,26). The van der Waals surface area contributed by atoms with Crippen LogP contribution in [0.3, 0.4) is 0 Å². The summed E-state index contributed by atoms with van der Waals surface area (Å²) in [5.41, 5.74) is 3.19. The number of rotatable bonds is 9. The Morgan fingerprint density at radius 3 is 2.30 bits per heavy atom. The summed E-state index contributed by atoms with van der Waals surface area (Å²) in [4.78, 5) is 28.6. The second-order valence-corrected chi connectivity index (χ2v) is 6.91. The molecule has 0 bridgehead atoms. The molecule has 0 spiro atoms. The molecule has 27 heavy (non-hydrogen) atoms. The zero-order valence-electron chi connectivity index (χ0n) is 16.7. The van der Waals surface area contributed by atoms with E-state index in [2.05, 4.69) is 33.4 Å². The Balaban J connectivity index is 1.74. The van der Waals surface area contributed by atoms with Gasteiger partial charge in [0.2, 0.25) is 11.8 Å². The molecular weight excluding hydrogens is 344 g/mol. The number of methoxy groups -OCH3 is 1. The molecule has 0 aromatic heterocycles. The van der Waals surface area contributed by atoms with Gasteiger partial charge in [-0.15, -0.1) is 0 Å². The Kier molecular flexibility index (Phi) is 8.71. The fourth-order valence-electron chi connectivity index (χ4n) is 3.24. The summed E-state index contributed by atoms with van der Waals surface area (Å²) in [6.07, 6.45) is 0.891. The van der Waals surface area contributed by atoms with Gasteiger partial charge >= 0.3 is 0 Å². The highest BCUT2D eigenvalue weighted by Crippen LogP contribution is 2.21. The summed E-state index contributed by atoms with van der Waals surface area (Å²) in [6, 6.07) is 6.10. The van der Waals surface area contributed by atoms with Crippen LogP contribution in [-0.4, -0.2) is 81.1 Å². The van der Waals surface area contributed by atoms with Crippen molar-refractivity contribution in [2.75, 3.05) is 64.8 Å². The molecule has 1 saturated heterocycles. The van der Waals surface area contributed by atoms with Gasteiger partial charge in [-0.2, -0.15) is 0 Å². The van der Waals surface area contributed by atoms with Crippen LogP contribution in [0, 0.1) is 6.92 Å². The van der Waals surface area contributed by atoms with Crippen molar-refractivity contribution in [3.8, 4) is 0 Å². The second-order valence-electron chi connectivity index (χ2n) is 6.91. The molecule has 1 heterocycles. The van der Waals surface area contributed by atoms with Crippen molar-refractivity contribution in [2.45, 2.75) is 20.3 Å². The van der Waals surface area contributed by atoms with Gasteiger partial charge in [-0.05, 0) is 24.5 Å². The first-order valence-electron chi connectivity index (χ1n) is 9.62. The van der Waals surface area contributed by atoms with E-state index in [1.54, 1.807) is 7.11 Å². The molecule has 0 aliphatic carbocycles. The minimum atomic E-state index is 0.0183. The SMILES string of the molecule is CCc1cccc(C)c1NC(=O)CN1CCN(CC(=O)NCCOC)CC1. The van der Waals surface area contributed by atoms with Gasteiger partial charge in [-0.3, -0.25) is 19.4 Å². The number of nitrogens with zero attached hydrogens (tertiary/aromatic N) is 2. The maximum absolute atomic E-state index is 12.5. The fraction of sp³-hybridized carbons (Fsp3) is 0.600. The third kappa shape index (κ3) is 6.93. The van der Waals surface area contributed by atoms with Crippen LogP contribution in [0.4, 0.5) is 5.69 Å². The maximum Gasteiger partial charge on any atom is 0.238 e. The van der Waals surface area contributed by atoms with Crippen molar-refractivity contribution < 1.29 is 14.3 Å². The molecule has 7 nitrogen and oxygen atoms in total. The van der Waals surface area contributed by atoms with Crippen molar-refractivity contribution in [2.24, 2.45) is 0 Å². The third-order valence-electron chi connectivity index (χ3n) is 4.83. The number of piperazine rings is 1. The molecule has 2 N–H and O–H groups in total. The molecule has 1 fully saturated rings. The predicted molar refractivity (Wildman–Crippen MR) is 107 cm³/mol. The third-order valence-corrected chi connectivity index (χ3v) is 4.83. The van der Waals surface area contributed by atoms with Crippen molar-refractivity contribution in [3.63, 3.8) is 0 Å². The Hall–Kier alpha value is -1.96. The van der Waals surface area contributed by atoms with Crippen molar-refractivity contribution in [3.05, 3.63) is 29.3 Å². The number of hydrogen-bond acceptors (Lipinski definition) is 5. The van der Waals surface area contributed by atoms with E-state index in [0.29, 0.717) is 26.2 Å². The lowest BCUT2D eigenvalue weighted by Gasteiger charge is -2.33. The number of para-hydroxylation sites is 1. The average molecular weight is 377 g/mol. The van der Waals surface area contributed by atoms with Gasteiger partial charge in [-0.1, -0.05) is 25.1 Å². The number of ether oxygens (including phenoxy) is 1. The normalized spacial score (nSPS) is 15.5. The van der Waals surface area contributed by atoms with Gasteiger partial charge in [0.05, 0.1) is 19.7 Å². The molecule has 7 heteroatoms. The van der Waals surface area contributed by atoms with Crippen LogP contribution in [0.2, 0.25) is 0 Å². The fourth-order valence-corrected chi connectivity index (χ4v) is 3.24. The lowest BCUT2D eigenvalue weighted by molar-refractivity contribution is -0.123. The summed E-state index contributed by atoms with van der Waals surface area (Å²) >= 11 is 0. The molecule has 2 rings (SSSR count). The number of carbonyl (C=O) groups is 2. The highest BCUT2D eigenvalue weighted by molar-refractivity contribution is 5.93. The van der Waals surface area contributed by atoms with Crippen LogP contribution in [0.5, 0.6) is 0 Å². The smallest absolute Gasteiger partial charge is 0.238 e. The summed E-state index contributed by atoms with van der Waals surface area (Å²) in [6.45, 7) is 9.09. The molecule has 0 atom stereocenters. The van der Waals surface area contributed by atoms with E-state index in [1.165, 1.54) is 0 Å². The Morgan fingerprint density at radius 1 is 1.07 bits per heavy atom. The minimum absolute atomic E-state index is 0.0183. The van der Waals surface area contributed by atoms with Crippen LogP contribution in [0.1, 0.15) is 18.1 Å². The van der Waals surface area contributed by atoms with Gasteiger partial charge in [0.25, 0.3) is 0 Å². The zero-order chi connectivity index (χ0) is 19.6. The first kappa shape index (κ1) is 21.3. The summed E-state index contributed by atoms with van der Waals surface area (Å²) < 4.78 is 4.92. The molecule has 1 aromatic carbocycles. The average Bonchev–Trinajstić information content (AvgIpc) is 2.65. The van der Waals surface area contributed by atoms with Gasteiger partial charge in [0.15, 0.2) is 0 Å². The van der Waals surface area contributed by atoms with Crippen LogP contribution in [0.25, 0.3) is 0 Å². The van der Waals surface area contributed by atoms with E-state index in [0.717, 1.165) is 49.4 Å². The lowest BCUT2D eigenvalue weighted by atomic mass is 10.1. The molecule has 1 aromatic rings. The zero-order valence-corrected chi connectivity index (χ0v) is 16.7. The van der Waals surface area contributed by atoms with Gasteiger partial charge in [-0.25, -0.2) is 0 Å². The van der Waals surface area contributed by atoms with Crippen molar-refractivity contribution in [1.82, 2.24) is 15.1 Å². The summed E-state index contributed by atoms with van der Waals surface area (Å²) in [5.74, 6) is 0.0367. The number of aryl methyl sites for hydroxylation is 2. The number of nitrogens with one attached hydrogen (secondary N) is 2. The molecule has 0 unspecified atom stereocenters. The molecule has 2 amide bonds. The molecule has 1 aliphatic rings. The van der Waals surface area contributed by atoms with E-state index in [4.69, 9.17) is 4.74 Å². The monoisotopic (exact) mass is 376 g/mol. The lowest BCUT2D eigenvalue weighted by Crippen LogP contribution is -2.51. The number of anilines is 1. The van der Waals surface area contributed by atoms with E-state index in [1.807, 2.05) is 19.1 Å². The summed E-state index contributed by atoms with van der Waals surface area (Å²) in [7, 11) is 1.61. The van der Waals surface area contributed by atoms with E-state index < -0.39 is 0 Å². The van der Waals surface area contributed by atoms with E-state index in [9.17, 15) is 9.59 Å². The first-order chi connectivity index (χ1) is 13.0. The molecular formula is C20H32N4O3. The number of benzene rings is 1. The van der Waals surface area contributed by atoms with Crippen LogP contribution in [0.15, 0.2) is 18.2 Å². The second kappa shape index (κ2) is 11.0. The topological polar surface area (TPSA) is 73.9 Å². The van der Waals surface area contributed by atoms with Crippen LogP contribution < -0.4 is 10.6 Å². The Bertz CT molecular complexity index is 628. The number of carbonyl (C=O) groups excluding carboxylic acids is 2. The van der Waals surface area contributed by atoms with Crippen LogP contribution >= 0.6 is 0 Å². The molecule has 1 aliphatic heterocycles. The number of amides is 2. The van der Waals surface area contributed by atoms with Crippen molar-refractivity contribution >= 4 is 17.5 Å². The van der Waals surface area contributed by atoms with E-state index >= 15 is 0 Å². The Morgan fingerprint density at radius 2 is 1.70 bits per heavy atom. The van der Waals surface area contributed by atoms with Gasteiger partial charge in [0, 0.05) is 45.5 Å². The highest BCUT2D eigenvalue weighted by Gasteiger charge is 2.21.